The van der Waals surface area contributed by atoms with Crippen LogP contribution in [0.4, 0.5) is 6.01 Å². The molecule has 0 unspecified atom stereocenters. The van der Waals surface area contributed by atoms with Gasteiger partial charge < -0.3 is 18.9 Å². The zero-order valence-electron chi connectivity index (χ0n) is 13.9. The quantitative estimate of drug-likeness (QED) is 0.692. The summed E-state index contributed by atoms with van der Waals surface area (Å²) >= 11 is 0. The van der Waals surface area contributed by atoms with E-state index >= 15 is 0 Å². The molecule has 6 nitrogen and oxygen atoms in total. The van der Waals surface area contributed by atoms with Gasteiger partial charge in [-0.25, -0.2) is 0 Å². The zero-order chi connectivity index (χ0) is 16.9. The molecule has 1 aromatic heterocycles. The lowest BCUT2D eigenvalue weighted by atomic mass is 10.2. The number of hydrogen-bond donors (Lipinski definition) is 0. The third kappa shape index (κ3) is 3.32. The average molecular weight is 325 g/mol. The molecule has 0 N–H and O–H groups in total. The van der Waals surface area contributed by atoms with Crippen molar-refractivity contribution in [2.24, 2.45) is 0 Å². The minimum atomic E-state index is 0.443. The highest BCUT2D eigenvalue weighted by Gasteiger charge is 2.16. The summed E-state index contributed by atoms with van der Waals surface area (Å²) in [6.45, 7) is 0.678. The molecule has 0 radical (unpaired) electrons. The van der Waals surface area contributed by atoms with Gasteiger partial charge in [0.05, 0.1) is 19.8 Å². The predicted molar refractivity (Wildman–Crippen MR) is 91.4 cm³/mol. The van der Waals surface area contributed by atoms with Crippen LogP contribution in [0.2, 0.25) is 0 Å². The van der Waals surface area contributed by atoms with Gasteiger partial charge >= 0.3 is 6.01 Å². The van der Waals surface area contributed by atoms with Gasteiger partial charge in [0.2, 0.25) is 5.82 Å². The van der Waals surface area contributed by atoms with E-state index in [0.29, 0.717) is 29.9 Å². The Morgan fingerprint density at radius 1 is 1.04 bits per heavy atom. The number of aromatic nitrogens is 2. The van der Waals surface area contributed by atoms with Gasteiger partial charge in [0, 0.05) is 13.6 Å². The van der Waals surface area contributed by atoms with Crippen LogP contribution in [0.3, 0.4) is 0 Å². The molecule has 24 heavy (non-hydrogen) atoms. The molecule has 0 atom stereocenters. The Hall–Kier alpha value is -3.02. The molecule has 3 aromatic rings. The number of benzene rings is 2. The van der Waals surface area contributed by atoms with E-state index in [1.165, 1.54) is 5.56 Å². The van der Waals surface area contributed by atoms with Crippen molar-refractivity contribution in [3.63, 3.8) is 0 Å². The first-order valence-corrected chi connectivity index (χ1v) is 7.52. The van der Waals surface area contributed by atoms with Gasteiger partial charge in [0.25, 0.3) is 0 Å². The van der Waals surface area contributed by atoms with E-state index in [2.05, 4.69) is 22.3 Å². The number of hydrogen-bond acceptors (Lipinski definition) is 6. The molecule has 0 saturated carbocycles. The number of ether oxygens (including phenoxy) is 2. The summed E-state index contributed by atoms with van der Waals surface area (Å²) in [4.78, 5) is 6.37. The standard InChI is InChI=1S/C18H19N3O3/c1-21(12-13-7-5-4-6-8-13)18-19-17(20-24-18)15-11-14(22-2)9-10-16(15)23-3/h4-11H,12H2,1-3H3. The number of nitrogens with zero attached hydrogens (tertiary/aromatic N) is 3. The van der Waals surface area contributed by atoms with Gasteiger partial charge in [-0.3, -0.25) is 0 Å². The highest BCUT2D eigenvalue weighted by atomic mass is 16.5. The maximum absolute atomic E-state index is 5.39. The van der Waals surface area contributed by atoms with Crippen LogP contribution in [0.5, 0.6) is 11.5 Å². The molecule has 0 amide bonds. The third-order valence-corrected chi connectivity index (χ3v) is 3.65. The number of methoxy groups -OCH3 is 2. The van der Waals surface area contributed by atoms with Crippen molar-refractivity contribution in [1.29, 1.82) is 0 Å². The van der Waals surface area contributed by atoms with Crippen LogP contribution in [0.15, 0.2) is 53.1 Å². The second-order valence-electron chi connectivity index (χ2n) is 5.31. The van der Waals surface area contributed by atoms with E-state index in [9.17, 15) is 0 Å². The van der Waals surface area contributed by atoms with Crippen LogP contribution in [0.1, 0.15) is 5.56 Å². The van der Waals surface area contributed by atoms with Gasteiger partial charge in [-0.1, -0.05) is 35.5 Å². The molecule has 1 heterocycles. The molecule has 3 rings (SSSR count). The van der Waals surface area contributed by atoms with E-state index in [0.717, 1.165) is 5.56 Å². The summed E-state index contributed by atoms with van der Waals surface area (Å²) in [6, 6.07) is 16.0. The highest BCUT2D eigenvalue weighted by molar-refractivity contribution is 5.66. The third-order valence-electron chi connectivity index (χ3n) is 3.65. The first kappa shape index (κ1) is 15.9. The molecule has 0 aliphatic carbocycles. The summed E-state index contributed by atoms with van der Waals surface area (Å²) in [7, 11) is 5.13. The van der Waals surface area contributed by atoms with Crippen molar-refractivity contribution in [2.75, 3.05) is 26.2 Å². The zero-order valence-corrected chi connectivity index (χ0v) is 13.9. The molecule has 0 fully saturated rings. The molecule has 0 aliphatic rings. The van der Waals surface area contributed by atoms with Crippen LogP contribution in [0.25, 0.3) is 11.4 Å². The molecular weight excluding hydrogens is 306 g/mol. The summed E-state index contributed by atoms with van der Waals surface area (Å²) in [5, 5.41) is 4.07. The normalized spacial score (nSPS) is 10.5. The predicted octanol–water partition coefficient (Wildman–Crippen LogP) is 3.39. The van der Waals surface area contributed by atoms with Crippen molar-refractivity contribution >= 4 is 6.01 Å². The van der Waals surface area contributed by atoms with Crippen LogP contribution in [-0.4, -0.2) is 31.4 Å². The fourth-order valence-corrected chi connectivity index (χ4v) is 2.39. The van der Waals surface area contributed by atoms with E-state index in [1.54, 1.807) is 14.2 Å². The van der Waals surface area contributed by atoms with Crippen LogP contribution < -0.4 is 14.4 Å². The Kier molecular flexibility index (Phi) is 4.65. The summed E-state index contributed by atoms with van der Waals surface area (Å²) in [6.07, 6.45) is 0. The van der Waals surface area contributed by atoms with Crippen molar-refractivity contribution in [1.82, 2.24) is 10.1 Å². The van der Waals surface area contributed by atoms with Crippen LogP contribution in [-0.2, 0) is 6.54 Å². The molecule has 124 valence electrons. The summed E-state index contributed by atoms with van der Waals surface area (Å²) in [5.74, 6) is 1.82. The van der Waals surface area contributed by atoms with E-state index in [4.69, 9.17) is 14.0 Å². The average Bonchev–Trinajstić information content (AvgIpc) is 3.12. The maximum atomic E-state index is 5.39. The molecule has 2 aromatic carbocycles. The first-order chi connectivity index (χ1) is 11.7. The minimum absolute atomic E-state index is 0.443. The van der Waals surface area contributed by atoms with E-state index in [-0.39, 0.29) is 0 Å². The van der Waals surface area contributed by atoms with E-state index < -0.39 is 0 Å². The van der Waals surface area contributed by atoms with Gasteiger partial charge in [0.1, 0.15) is 11.5 Å². The van der Waals surface area contributed by atoms with Gasteiger partial charge in [-0.15, -0.1) is 0 Å². The topological polar surface area (TPSA) is 60.6 Å². The van der Waals surface area contributed by atoms with Crippen molar-refractivity contribution in [3.05, 3.63) is 54.1 Å². The highest BCUT2D eigenvalue weighted by Crippen LogP contribution is 2.32. The Bertz CT molecular complexity index is 802. The second kappa shape index (κ2) is 7.04. The molecule has 0 aliphatic heterocycles. The van der Waals surface area contributed by atoms with Gasteiger partial charge in [0.15, 0.2) is 0 Å². The summed E-state index contributed by atoms with van der Waals surface area (Å²) < 4.78 is 16.0. The summed E-state index contributed by atoms with van der Waals surface area (Å²) in [5.41, 5.74) is 1.89. The Balaban J connectivity index is 1.85. The lowest BCUT2D eigenvalue weighted by Crippen LogP contribution is -2.16. The second-order valence-corrected chi connectivity index (χ2v) is 5.31. The smallest absolute Gasteiger partial charge is 0.324 e. The molecule has 6 heteroatoms. The molecule has 0 spiro atoms. The number of anilines is 1. The van der Waals surface area contributed by atoms with Crippen LogP contribution in [0, 0.1) is 0 Å². The van der Waals surface area contributed by atoms with Crippen molar-refractivity contribution < 1.29 is 14.0 Å². The van der Waals surface area contributed by atoms with Gasteiger partial charge in [-0.05, 0) is 23.8 Å². The van der Waals surface area contributed by atoms with Crippen molar-refractivity contribution in [2.45, 2.75) is 6.54 Å². The monoisotopic (exact) mass is 325 g/mol. The SMILES string of the molecule is COc1ccc(OC)c(-c2noc(N(C)Cc3ccccc3)n2)c1. The van der Waals surface area contributed by atoms with Gasteiger partial charge in [-0.2, -0.15) is 4.98 Å². The Morgan fingerprint density at radius 3 is 2.54 bits per heavy atom. The minimum Gasteiger partial charge on any atom is -0.497 e. The Labute approximate surface area is 140 Å². The first-order valence-electron chi connectivity index (χ1n) is 7.52. The lowest BCUT2D eigenvalue weighted by Gasteiger charge is -2.13. The van der Waals surface area contributed by atoms with E-state index in [1.807, 2.05) is 48.3 Å². The largest absolute Gasteiger partial charge is 0.497 e. The fraction of sp³-hybridized carbons (Fsp3) is 0.222. The molecule has 0 bridgehead atoms. The number of rotatable bonds is 6. The fourth-order valence-electron chi connectivity index (χ4n) is 2.39. The maximum Gasteiger partial charge on any atom is 0.324 e. The Morgan fingerprint density at radius 2 is 1.83 bits per heavy atom. The molecule has 0 saturated heterocycles. The molecular formula is C18H19N3O3. The van der Waals surface area contributed by atoms with Crippen molar-refractivity contribution in [3.8, 4) is 22.9 Å². The lowest BCUT2D eigenvalue weighted by molar-refractivity contribution is 0.402. The van der Waals surface area contributed by atoms with Crippen LogP contribution >= 0.6 is 0 Å².